The Morgan fingerprint density at radius 3 is 2.38 bits per heavy atom. The van der Waals surface area contributed by atoms with Gasteiger partial charge in [-0.05, 0) is 50.2 Å². The van der Waals surface area contributed by atoms with Crippen molar-refractivity contribution in [2.45, 2.75) is 31.6 Å². The van der Waals surface area contributed by atoms with Gasteiger partial charge in [0.1, 0.15) is 5.75 Å². The second-order valence-electron chi connectivity index (χ2n) is 5.72. The van der Waals surface area contributed by atoms with Crippen molar-refractivity contribution in [3.05, 3.63) is 23.3 Å². The highest BCUT2D eigenvalue weighted by Crippen LogP contribution is 2.31. The van der Waals surface area contributed by atoms with Crippen molar-refractivity contribution in [2.75, 3.05) is 34.3 Å². The lowest BCUT2D eigenvalue weighted by Crippen LogP contribution is -2.31. The minimum atomic E-state index is -3.50. The molecule has 0 aliphatic carbocycles. The van der Waals surface area contributed by atoms with E-state index in [4.69, 9.17) is 4.74 Å². The Hall–Kier alpha value is -1.11. The number of sulfonamides is 1. The van der Waals surface area contributed by atoms with Crippen LogP contribution in [0.1, 0.15) is 30.9 Å². The first-order chi connectivity index (χ1) is 9.69. The fourth-order valence-corrected chi connectivity index (χ4v) is 3.36. The largest absolute Gasteiger partial charge is 0.496 e. The average molecular weight is 314 g/mol. The average Bonchev–Trinajstić information content (AvgIpc) is 2.36. The van der Waals surface area contributed by atoms with Crippen LogP contribution in [0.15, 0.2) is 17.0 Å². The first-order valence-corrected chi connectivity index (χ1v) is 8.50. The maximum absolute atomic E-state index is 12.4. The predicted octanol–water partition coefficient (Wildman–Crippen LogP) is 1.97. The molecule has 0 saturated carbocycles. The molecule has 0 saturated heterocycles. The molecule has 0 atom stereocenters. The van der Waals surface area contributed by atoms with E-state index < -0.39 is 10.0 Å². The summed E-state index contributed by atoms with van der Waals surface area (Å²) < 4.78 is 32.9. The van der Waals surface area contributed by atoms with E-state index in [0.29, 0.717) is 23.5 Å². The molecule has 5 nitrogen and oxygen atoms in total. The summed E-state index contributed by atoms with van der Waals surface area (Å²) in [4.78, 5) is 2.26. The fraction of sp³-hybridized carbons (Fsp3) is 0.600. The highest BCUT2D eigenvalue weighted by Gasteiger charge is 2.20. The van der Waals surface area contributed by atoms with Gasteiger partial charge < -0.3 is 9.64 Å². The first-order valence-electron chi connectivity index (χ1n) is 7.02. The van der Waals surface area contributed by atoms with Gasteiger partial charge in [-0.3, -0.25) is 0 Å². The number of methoxy groups -OCH3 is 1. The highest BCUT2D eigenvalue weighted by atomic mass is 32.2. The summed E-state index contributed by atoms with van der Waals surface area (Å²) in [6.45, 7) is 6.86. The summed E-state index contributed by atoms with van der Waals surface area (Å²) in [5.41, 5.74) is 1.59. The van der Waals surface area contributed by atoms with Crippen LogP contribution in [0.2, 0.25) is 0 Å². The van der Waals surface area contributed by atoms with E-state index >= 15 is 0 Å². The zero-order valence-corrected chi connectivity index (χ0v) is 14.5. The van der Waals surface area contributed by atoms with E-state index in [-0.39, 0.29) is 5.92 Å². The number of likely N-dealkylation sites (N-methyl/N-ethyl adjacent to an activating group) is 1. The molecule has 0 aliphatic heterocycles. The van der Waals surface area contributed by atoms with Gasteiger partial charge >= 0.3 is 0 Å². The Kier molecular flexibility index (Phi) is 6.19. The van der Waals surface area contributed by atoms with Crippen LogP contribution in [0.3, 0.4) is 0 Å². The van der Waals surface area contributed by atoms with Crippen LogP contribution in [0.5, 0.6) is 5.75 Å². The molecule has 21 heavy (non-hydrogen) atoms. The molecular formula is C15H26N2O3S. The third-order valence-corrected chi connectivity index (χ3v) is 4.89. The van der Waals surface area contributed by atoms with Crippen LogP contribution >= 0.6 is 0 Å². The summed E-state index contributed by atoms with van der Waals surface area (Å²) in [6, 6.07) is 3.51. The molecular weight excluding hydrogens is 288 g/mol. The smallest absolute Gasteiger partial charge is 0.240 e. The van der Waals surface area contributed by atoms with Gasteiger partial charge in [-0.25, -0.2) is 13.1 Å². The highest BCUT2D eigenvalue weighted by molar-refractivity contribution is 7.89. The van der Waals surface area contributed by atoms with Gasteiger partial charge in [0.05, 0.1) is 12.0 Å². The minimum Gasteiger partial charge on any atom is -0.496 e. The van der Waals surface area contributed by atoms with E-state index in [0.717, 1.165) is 11.3 Å². The Balaban J connectivity index is 3.14. The van der Waals surface area contributed by atoms with Crippen LogP contribution in [0.25, 0.3) is 0 Å². The zero-order chi connectivity index (χ0) is 16.2. The van der Waals surface area contributed by atoms with Crippen molar-refractivity contribution >= 4 is 10.0 Å². The van der Waals surface area contributed by atoms with Gasteiger partial charge in [0.15, 0.2) is 0 Å². The van der Waals surface area contributed by atoms with E-state index in [1.807, 2.05) is 32.8 Å². The van der Waals surface area contributed by atoms with Crippen LogP contribution < -0.4 is 9.46 Å². The number of rotatable bonds is 7. The molecule has 1 aromatic carbocycles. The molecule has 0 heterocycles. The number of aryl methyl sites for hydroxylation is 1. The summed E-state index contributed by atoms with van der Waals surface area (Å²) in [5, 5.41) is 0. The molecule has 0 aromatic heterocycles. The normalized spacial score (nSPS) is 12.2. The zero-order valence-electron chi connectivity index (χ0n) is 13.7. The molecule has 1 aromatic rings. The van der Waals surface area contributed by atoms with Gasteiger partial charge in [0, 0.05) is 13.1 Å². The Labute approximate surface area is 128 Å². The second kappa shape index (κ2) is 7.24. The monoisotopic (exact) mass is 314 g/mol. The van der Waals surface area contributed by atoms with Crippen molar-refractivity contribution in [1.29, 1.82) is 0 Å². The van der Waals surface area contributed by atoms with Crippen molar-refractivity contribution in [2.24, 2.45) is 0 Å². The number of nitrogens with zero attached hydrogens (tertiary/aromatic N) is 1. The van der Waals surface area contributed by atoms with Crippen molar-refractivity contribution < 1.29 is 13.2 Å². The quantitative estimate of drug-likeness (QED) is 0.836. The molecule has 120 valence electrons. The van der Waals surface area contributed by atoms with E-state index in [2.05, 4.69) is 4.72 Å². The Morgan fingerprint density at radius 2 is 1.90 bits per heavy atom. The van der Waals surface area contributed by atoms with Gasteiger partial charge in [-0.15, -0.1) is 0 Å². The SMILES string of the molecule is COc1cc(C)c(S(=O)(=O)NCCN(C)C)cc1C(C)C. The fourth-order valence-electron chi connectivity index (χ4n) is 2.08. The molecule has 0 fully saturated rings. The van der Waals surface area contributed by atoms with E-state index in [1.165, 1.54) is 0 Å². The lowest BCUT2D eigenvalue weighted by molar-refractivity contribution is 0.406. The second-order valence-corrected chi connectivity index (χ2v) is 7.45. The molecule has 0 aliphatic rings. The third kappa shape index (κ3) is 4.69. The Morgan fingerprint density at radius 1 is 1.29 bits per heavy atom. The first kappa shape index (κ1) is 17.9. The van der Waals surface area contributed by atoms with Gasteiger partial charge in [-0.1, -0.05) is 13.8 Å². The van der Waals surface area contributed by atoms with Crippen LogP contribution in [-0.2, 0) is 10.0 Å². The molecule has 0 unspecified atom stereocenters. The molecule has 0 spiro atoms. The molecule has 1 rings (SSSR count). The van der Waals surface area contributed by atoms with Crippen molar-refractivity contribution in [1.82, 2.24) is 9.62 Å². The summed E-state index contributed by atoms with van der Waals surface area (Å²) in [7, 11) is 1.91. The van der Waals surface area contributed by atoms with Crippen molar-refractivity contribution in [3.63, 3.8) is 0 Å². The molecule has 6 heteroatoms. The number of ether oxygens (including phenoxy) is 1. The third-order valence-electron chi connectivity index (χ3n) is 3.29. The molecule has 0 amide bonds. The van der Waals surface area contributed by atoms with Crippen LogP contribution in [0.4, 0.5) is 0 Å². The van der Waals surface area contributed by atoms with Crippen LogP contribution in [-0.4, -0.2) is 47.6 Å². The number of nitrogens with one attached hydrogen (secondary N) is 1. The minimum absolute atomic E-state index is 0.191. The summed E-state index contributed by atoms with van der Waals surface area (Å²) in [6.07, 6.45) is 0. The van der Waals surface area contributed by atoms with Crippen LogP contribution in [0, 0.1) is 6.92 Å². The predicted molar refractivity (Wildman–Crippen MR) is 85.6 cm³/mol. The topological polar surface area (TPSA) is 58.6 Å². The summed E-state index contributed by atoms with van der Waals surface area (Å²) >= 11 is 0. The summed E-state index contributed by atoms with van der Waals surface area (Å²) in [5.74, 6) is 0.922. The number of hydrogen-bond acceptors (Lipinski definition) is 4. The van der Waals surface area contributed by atoms with Gasteiger partial charge in [0.25, 0.3) is 0 Å². The molecule has 0 bridgehead atoms. The molecule has 0 radical (unpaired) electrons. The standard InChI is InChI=1S/C15H26N2O3S/c1-11(2)13-10-15(12(3)9-14(13)20-6)21(18,19)16-7-8-17(4)5/h9-11,16H,7-8H2,1-6H3. The van der Waals surface area contributed by atoms with Gasteiger partial charge in [0.2, 0.25) is 10.0 Å². The van der Waals surface area contributed by atoms with Crippen molar-refractivity contribution in [3.8, 4) is 5.75 Å². The maximum atomic E-state index is 12.4. The van der Waals surface area contributed by atoms with E-state index in [1.54, 1.807) is 26.2 Å². The number of benzene rings is 1. The maximum Gasteiger partial charge on any atom is 0.240 e. The lowest BCUT2D eigenvalue weighted by atomic mass is 10.0. The Bertz CT molecular complexity index is 581. The van der Waals surface area contributed by atoms with E-state index in [9.17, 15) is 8.42 Å². The lowest BCUT2D eigenvalue weighted by Gasteiger charge is -2.17. The number of hydrogen-bond donors (Lipinski definition) is 1. The van der Waals surface area contributed by atoms with Gasteiger partial charge in [-0.2, -0.15) is 0 Å². The molecule has 1 N–H and O–H groups in total.